The van der Waals surface area contributed by atoms with E-state index in [9.17, 15) is 4.79 Å². The van der Waals surface area contributed by atoms with Crippen LogP contribution in [0.1, 0.15) is 11.4 Å². The Morgan fingerprint density at radius 2 is 2.07 bits per heavy atom. The molecule has 0 aliphatic carbocycles. The van der Waals surface area contributed by atoms with E-state index in [1.165, 1.54) is 23.1 Å². The summed E-state index contributed by atoms with van der Waals surface area (Å²) in [5, 5.41) is 16.0. The first-order valence-corrected chi connectivity index (χ1v) is 11.1. The zero-order chi connectivity index (χ0) is 19.5. The van der Waals surface area contributed by atoms with E-state index >= 15 is 0 Å². The van der Waals surface area contributed by atoms with E-state index in [2.05, 4.69) is 39.6 Å². The zero-order valence-corrected chi connectivity index (χ0v) is 17.3. The van der Waals surface area contributed by atoms with Crippen molar-refractivity contribution in [1.29, 1.82) is 5.26 Å². The number of anilines is 1. The molecule has 1 amide bonds. The molecule has 1 N–H and O–H groups in total. The van der Waals surface area contributed by atoms with Crippen LogP contribution in [0.5, 0.6) is 0 Å². The maximum Gasteiger partial charge on any atom is 0.235 e. The van der Waals surface area contributed by atoms with Gasteiger partial charge in [-0.05, 0) is 30.0 Å². The number of aromatic nitrogens is 2. The van der Waals surface area contributed by atoms with Crippen molar-refractivity contribution in [1.82, 2.24) is 9.97 Å². The normalized spacial score (nSPS) is 10.7. The lowest BCUT2D eigenvalue weighted by molar-refractivity contribution is -0.113. The summed E-state index contributed by atoms with van der Waals surface area (Å²) in [6.45, 7) is 1.86. The molecule has 0 atom stereocenters. The van der Waals surface area contributed by atoms with Gasteiger partial charge < -0.3 is 5.32 Å². The quantitative estimate of drug-likeness (QED) is 0.347. The standard InChI is InChI=1S/C20H14N4OS3/c1-12-22-19(27-11-17(25)24-18-14(10-21)7-8-26-18)15-9-16(28-20(15)23-12)13-5-3-2-4-6-13/h2-9H,11H2,1H3,(H,24,25). The number of nitrogens with one attached hydrogen (secondary N) is 1. The number of nitrogens with zero attached hydrogens (tertiary/aromatic N) is 3. The van der Waals surface area contributed by atoms with E-state index < -0.39 is 0 Å². The van der Waals surface area contributed by atoms with Crippen LogP contribution in [0.15, 0.2) is 52.9 Å². The fourth-order valence-corrected chi connectivity index (χ4v) is 5.39. The molecule has 4 aromatic rings. The molecule has 4 rings (SSSR count). The maximum atomic E-state index is 12.3. The molecule has 0 fully saturated rings. The highest BCUT2D eigenvalue weighted by atomic mass is 32.2. The highest BCUT2D eigenvalue weighted by molar-refractivity contribution is 8.00. The van der Waals surface area contributed by atoms with Crippen molar-refractivity contribution in [3.63, 3.8) is 0 Å². The van der Waals surface area contributed by atoms with Crippen LogP contribution in [0.3, 0.4) is 0 Å². The van der Waals surface area contributed by atoms with E-state index in [1.54, 1.807) is 22.8 Å². The van der Waals surface area contributed by atoms with Gasteiger partial charge in [-0.15, -0.1) is 22.7 Å². The van der Waals surface area contributed by atoms with Gasteiger partial charge in [-0.3, -0.25) is 4.79 Å². The smallest absolute Gasteiger partial charge is 0.235 e. The summed E-state index contributed by atoms with van der Waals surface area (Å²) in [5.41, 5.74) is 1.62. The molecule has 0 aliphatic rings. The first-order chi connectivity index (χ1) is 13.6. The van der Waals surface area contributed by atoms with Crippen molar-refractivity contribution < 1.29 is 4.79 Å². The van der Waals surface area contributed by atoms with Gasteiger partial charge in [0.1, 0.15) is 26.8 Å². The molecule has 28 heavy (non-hydrogen) atoms. The average molecular weight is 423 g/mol. The van der Waals surface area contributed by atoms with Crippen LogP contribution in [-0.2, 0) is 4.79 Å². The highest BCUT2D eigenvalue weighted by Gasteiger charge is 2.14. The van der Waals surface area contributed by atoms with Crippen LogP contribution in [-0.4, -0.2) is 21.6 Å². The van der Waals surface area contributed by atoms with Crippen molar-refractivity contribution in [2.24, 2.45) is 0 Å². The van der Waals surface area contributed by atoms with E-state index in [4.69, 9.17) is 5.26 Å². The second-order valence-electron chi connectivity index (χ2n) is 5.88. The Kier molecular flexibility index (Phi) is 5.39. The Morgan fingerprint density at radius 1 is 1.25 bits per heavy atom. The first-order valence-electron chi connectivity index (χ1n) is 8.38. The SMILES string of the molecule is Cc1nc(SCC(=O)Nc2sccc2C#N)c2cc(-c3ccccc3)sc2n1. The van der Waals surface area contributed by atoms with Gasteiger partial charge in [-0.25, -0.2) is 9.97 Å². The second kappa shape index (κ2) is 8.10. The van der Waals surface area contributed by atoms with Crippen molar-refractivity contribution in [2.45, 2.75) is 11.9 Å². The topological polar surface area (TPSA) is 78.7 Å². The Labute approximate surface area is 174 Å². The minimum atomic E-state index is -0.160. The lowest BCUT2D eigenvalue weighted by Gasteiger charge is -2.05. The maximum absolute atomic E-state index is 12.3. The molecule has 5 nitrogen and oxygen atoms in total. The van der Waals surface area contributed by atoms with Crippen LogP contribution < -0.4 is 5.32 Å². The summed E-state index contributed by atoms with van der Waals surface area (Å²) in [7, 11) is 0. The summed E-state index contributed by atoms with van der Waals surface area (Å²) in [6, 6.07) is 16.0. The molecule has 1 aromatic carbocycles. The van der Waals surface area contributed by atoms with Crippen molar-refractivity contribution >= 4 is 55.6 Å². The molecule has 8 heteroatoms. The third-order valence-electron chi connectivity index (χ3n) is 3.91. The lowest BCUT2D eigenvalue weighted by Crippen LogP contribution is -2.14. The van der Waals surface area contributed by atoms with E-state index in [-0.39, 0.29) is 11.7 Å². The van der Waals surface area contributed by atoms with E-state index in [0.717, 1.165) is 25.7 Å². The van der Waals surface area contributed by atoms with Crippen LogP contribution in [0.4, 0.5) is 5.00 Å². The largest absolute Gasteiger partial charge is 0.316 e. The number of amides is 1. The molecule has 0 saturated heterocycles. The monoisotopic (exact) mass is 422 g/mol. The summed E-state index contributed by atoms with van der Waals surface area (Å²) < 4.78 is 0. The number of thiophene rings is 2. The highest BCUT2D eigenvalue weighted by Crippen LogP contribution is 2.36. The second-order valence-corrected chi connectivity index (χ2v) is 8.79. The number of aryl methyl sites for hydroxylation is 1. The predicted molar refractivity (Wildman–Crippen MR) is 116 cm³/mol. The van der Waals surface area contributed by atoms with Crippen molar-refractivity contribution in [2.75, 3.05) is 11.1 Å². The molecular formula is C20H14N4OS3. The number of thioether (sulfide) groups is 1. The molecule has 0 saturated carbocycles. The minimum absolute atomic E-state index is 0.160. The van der Waals surface area contributed by atoms with Gasteiger partial charge in [0.25, 0.3) is 0 Å². The number of nitriles is 1. The molecule has 3 heterocycles. The van der Waals surface area contributed by atoms with Gasteiger partial charge in [0, 0.05) is 10.3 Å². The van der Waals surface area contributed by atoms with E-state index in [1.807, 2.05) is 25.1 Å². The average Bonchev–Trinajstić information content (AvgIpc) is 3.33. The Morgan fingerprint density at radius 3 is 2.86 bits per heavy atom. The van der Waals surface area contributed by atoms with Crippen LogP contribution in [0.2, 0.25) is 0 Å². The summed E-state index contributed by atoms with van der Waals surface area (Å²) >= 11 is 4.35. The number of carbonyl (C=O) groups excluding carboxylic acids is 1. The Balaban J connectivity index is 1.56. The minimum Gasteiger partial charge on any atom is -0.316 e. The molecule has 0 aliphatic heterocycles. The number of hydrogen-bond acceptors (Lipinski definition) is 7. The van der Waals surface area contributed by atoms with Gasteiger partial charge in [-0.1, -0.05) is 42.1 Å². The molecule has 0 radical (unpaired) electrons. The van der Waals surface area contributed by atoms with Crippen molar-refractivity contribution in [3.05, 3.63) is 59.2 Å². The van der Waals surface area contributed by atoms with Gasteiger partial charge in [-0.2, -0.15) is 5.26 Å². The molecule has 3 aromatic heterocycles. The first kappa shape index (κ1) is 18.6. The predicted octanol–water partition coefficient (Wildman–Crippen LogP) is 5.33. The number of rotatable bonds is 5. The molecule has 0 bridgehead atoms. The molecule has 0 unspecified atom stereocenters. The van der Waals surface area contributed by atoms with Crippen LogP contribution in [0, 0.1) is 18.3 Å². The number of fused-ring (bicyclic) bond motifs is 1. The van der Waals surface area contributed by atoms with E-state index in [0.29, 0.717) is 16.4 Å². The lowest BCUT2D eigenvalue weighted by atomic mass is 10.2. The summed E-state index contributed by atoms with van der Waals surface area (Å²) in [4.78, 5) is 23.5. The van der Waals surface area contributed by atoms with Gasteiger partial charge in [0.05, 0.1) is 11.3 Å². The summed E-state index contributed by atoms with van der Waals surface area (Å²) in [6.07, 6.45) is 0. The zero-order valence-electron chi connectivity index (χ0n) is 14.8. The molecule has 138 valence electrons. The fraction of sp³-hybridized carbons (Fsp3) is 0.100. The number of benzene rings is 1. The molecular weight excluding hydrogens is 408 g/mol. The Hall–Kier alpha value is -2.73. The van der Waals surface area contributed by atoms with Crippen molar-refractivity contribution in [3.8, 4) is 16.5 Å². The fourth-order valence-electron chi connectivity index (χ4n) is 2.64. The van der Waals surface area contributed by atoms with Crippen LogP contribution >= 0.6 is 34.4 Å². The Bertz CT molecular complexity index is 1190. The van der Waals surface area contributed by atoms with Gasteiger partial charge in [0.15, 0.2) is 0 Å². The third kappa shape index (κ3) is 3.92. The third-order valence-corrected chi connectivity index (χ3v) is 6.81. The van der Waals surface area contributed by atoms with Gasteiger partial charge in [0.2, 0.25) is 5.91 Å². The number of carbonyl (C=O) groups is 1. The number of hydrogen-bond donors (Lipinski definition) is 1. The molecule has 0 spiro atoms. The van der Waals surface area contributed by atoms with Crippen LogP contribution in [0.25, 0.3) is 20.7 Å². The van der Waals surface area contributed by atoms with Gasteiger partial charge >= 0.3 is 0 Å². The summed E-state index contributed by atoms with van der Waals surface area (Å²) in [5.74, 6) is 0.735.